The van der Waals surface area contributed by atoms with E-state index in [0.717, 1.165) is 46.8 Å². The van der Waals surface area contributed by atoms with E-state index in [2.05, 4.69) is 28.2 Å². The van der Waals surface area contributed by atoms with Crippen molar-refractivity contribution >= 4 is 17.1 Å². The molecule has 31 heavy (non-hydrogen) atoms. The second-order valence-corrected chi connectivity index (χ2v) is 8.71. The highest BCUT2D eigenvalue weighted by molar-refractivity contribution is 7.17. The molecule has 4 aromatic rings. The lowest BCUT2D eigenvalue weighted by Crippen LogP contribution is -2.07. The van der Waals surface area contributed by atoms with Crippen LogP contribution in [0.1, 0.15) is 38.7 Å². The fraction of sp³-hybridized carbons (Fsp3) is 0.208. The van der Waals surface area contributed by atoms with Crippen molar-refractivity contribution in [2.45, 2.75) is 32.6 Å². The highest BCUT2D eigenvalue weighted by Gasteiger charge is 2.24. The molecule has 0 aliphatic heterocycles. The third kappa shape index (κ3) is 3.70. The fourth-order valence-corrected chi connectivity index (χ4v) is 5.05. The van der Waals surface area contributed by atoms with E-state index in [1.807, 2.05) is 17.7 Å². The van der Waals surface area contributed by atoms with Gasteiger partial charge in [0.15, 0.2) is 10.8 Å². The largest absolute Gasteiger partial charge is 0.306 e. The number of aromatic nitrogens is 3. The summed E-state index contributed by atoms with van der Waals surface area (Å²) in [6, 6.07) is 9.91. The van der Waals surface area contributed by atoms with Crippen LogP contribution in [0.3, 0.4) is 0 Å². The first-order valence-electron chi connectivity index (χ1n) is 10.1. The Morgan fingerprint density at radius 3 is 2.71 bits per heavy atom. The highest BCUT2D eigenvalue weighted by Crippen LogP contribution is 2.38. The van der Waals surface area contributed by atoms with Crippen molar-refractivity contribution in [2.75, 3.05) is 0 Å². The summed E-state index contributed by atoms with van der Waals surface area (Å²) in [5.41, 5.74) is 4.85. The lowest BCUT2D eigenvalue weighted by atomic mass is 10.0. The van der Waals surface area contributed by atoms with Crippen LogP contribution in [0.2, 0.25) is 0 Å². The number of carbonyl (C=O) groups excluding carboxylic acids is 1. The maximum absolute atomic E-state index is 14.0. The topological polar surface area (TPSA) is 47.8 Å². The van der Waals surface area contributed by atoms with E-state index < -0.39 is 11.6 Å². The van der Waals surface area contributed by atoms with Gasteiger partial charge in [0, 0.05) is 23.9 Å². The minimum atomic E-state index is -0.711. The first-order valence-corrected chi connectivity index (χ1v) is 10.9. The Morgan fingerprint density at radius 1 is 1.16 bits per heavy atom. The van der Waals surface area contributed by atoms with Crippen molar-refractivity contribution in [1.29, 1.82) is 0 Å². The van der Waals surface area contributed by atoms with E-state index in [4.69, 9.17) is 0 Å². The zero-order chi connectivity index (χ0) is 21.5. The van der Waals surface area contributed by atoms with E-state index in [1.165, 1.54) is 35.1 Å². The fourth-order valence-electron chi connectivity index (χ4n) is 3.95. The lowest BCUT2D eigenvalue weighted by Gasteiger charge is -2.09. The Kier molecular flexibility index (Phi) is 4.98. The molecule has 5 rings (SSSR count). The maximum atomic E-state index is 14.0. The Bertz CT molecular complexity index is 1290. The van der Waals surface area contributed by atoms with Crippen molar-refractivity contribution < 1.29 is 13.6 Å². The minimum Gasteiger partial charge on any atom is -0.306 e. The number of nitrogens with zero attached hydrogens (tertiary/aromatic N) is 3. The summed E-state index contributed by atoms with van der Waals surface area (Å²) in [6.07, 6.45) is 6.03. The molecular weight excluding hydrogens is 416 g/mol. The van der Waals surface area contributed by atoms with Crippen LogP contribution in [0, 0.1) is 18.6 Å². The predicted octanol–water partition coefficient (Wildman–Crippen LogP) is 5.50. The molecule has 0 spiro atoms. The van der Waals surface area contributed by atoms with Gasteiger partial charge in [-0.05, 0) is 61.6 Å². The number of rotatable bonds is 4. The molecule has 0 fully saturated rings. The third-order valence-corrected chi connectivity index (χ3v) is 6.71. The average Bonchev–Trinajstić information content (AvgIpc) is 3.34. The van der Waals surface area contributed by atoms with Crippen molar-refractivity contribution in [3.63, 3.8) is 0 Å². The number of halogens is 2. The zero-order valence-corrected chi connectivity index (χ0v) is 17.7. The van der Waals surface area contributed by atoms with Gasteiger partial charge in [-0.3, -0.25) is 4.79 Å². The molecule has 1 aliphatic rings. The van der Waals surface area contributed by atoms with Crippen LogP contribution in [-0.4, -0.2) is 20.3 Å². The number of carbonyl (C=O) groups is 1. The summed E-state index contributed by atoms with van der Waals surface area (Å²) >= 11 is 1.31. The number of fused-ring (bicyclic) bond motifs is 3. The van der Waals surface area contributed by atoms with Crippen LogP contribution in [-0.2, 0) is 19.3 Å². The number of imidazole rings is 1. The van der Waals surface area contributed by atoms with Gasteiger partial charge < -0.3 is 4.57 Å². The molecule has 1 aliphatic carbocycles. The van der Waals surface area contributed by atoms with Crippen LogP contribution in [0.25, 0.3) is 16.1 Å². The van der Waals surface area contributed by atoms with Gasteiger partial charge in [0.05, 0.1) is 22.6 Å². The lowest BCUT2D eigenvalue weighted by molar-refractivity contribution is 0.0990. The number of aryl methyl sites for hydroxylation is 3. The molecule has 0 saturated carbocycles. The van der Waals surface area contributed by atoms with Crippen LogP contribution in [0.15, 0.2) is 48.9 Å². The monoisotopic (exact) mass is 435 g/mol. The van der Waals surface area contributed by atoms with Gasteiger partial charge >= 0.3 is 0 Å². The summed E-state index contributed by atoms with van der Waals surface area (Å²) in [6.45, 7) is 1.94. The molecule has 0 N–H and O–H groups in total. The number of Topliss-reactive ketones (excluding diaryl/α,β-unsaturated/α-hetero) is 1. The molecule has 0 atom stereocenters. The Balaban J connectivity index is 1.52. The Morgan fingerprint density at radius 2 is 1.97 bits per heavy atom. The van der Waals surface area contributed by atoms with E-state index in [1.54, 1.807) is 6.33 Å². The number of hydrogen-bond donors (Lipinski definition) is 0. The summed E-state index contributed by atoms with van der Waals surface area (Å²) in [5.74, 6) is -1.79. The second kappa shape index (κ2) is 7.81. The Hall–Kier alpha value is -3.19. The maximum Gasteiger partial charge on any atom is 0.195 e. The van der Waals surface area contributed by atoms with Crippen LogP contribution in [0.4, 0.5) is 8.78 Å². The standard InChI is InChI=1S/C24H19F2N3OS/c1-14-12-29(13-27-14)16-9-8-15-4-2-7-21-23(17(15)10-16)31-24(28-21)22(30)11-18-19(25)5-3-6-20(18)26/h3,5-6,8-10,12-13H,2,4,7,11H2,1H3. The molecule has 0 bridgehead atoms. The van der Waals surface area contributed by atoms with E-state index in [9.17, 15) is 13.6 Å². The van der Waals surface area contributed by atoms with Crippen LogP contribution >= 0.6 is 11.3 Å². The number of hydrogen-bond acceptors (Lipinski definition) is 4. The number of thiazole rings is 1. The molecular formula is C24H19F2N3OS. The molecule has 0 radical (unpaired) electrons. The van der Waals surface area contributed by atoms with E-state index >= 15 is 0 Å². The summed E-state index contributed by atoms with van der Waals surface area (Å²) in [7, 11) is 0. The van der Waals surface area contributed by atoms with Crippen LogP contribution in [0.5, 0.6) is 0 Å². The van der Waals surface area contributed by atoms with Gasteiger partial charge in [0.1, 0.15) is 11.6 Å². The molecule has 2 heterocycles. The zero-order valence-electron chi connectivity index (χ0n) is 16.9. The summed E-state index contributed by atoms with van der Waals surface area (Å²) < 4.78 is 30.0. The number of benzene rings is 2. The third-order valence-electron chi connectivity index (χ3n) is 5.54. The smallest absolute Gasteiger partial charge is 0.195 e. The van der Waals surface area contributed by atoms with Gasteiger partial charge in [0.2, 0.25) is 0 Å². The van der Waals surface area contributed by atoms with Gasteiger partial charge in [-0.25, -0.2) is 18.7 Å². The highest BCUT2D eigenvalue weighted by atomic mass is 32.1. The molecule has 0 saturated heterocycles. The first kappa shape index (κ1) is 19.8. The van der Waals surface area contributed by atoms with E-state index in [-0.39, 0.29) is 17.8 Å². The first-order chi connectivity index (χ1) is 15.0. The average molecular weight is 435 g/mol. The summed E-state index contributed by atoms with van der Waals surface area (Å²) in [5, 5.41) is 0.296. The van der Waals surface area contributed by atoms with Gasteiger partial charge in [-0.1, -0.05) is 12.1 Å². The van der Waals surface area contributed by atoms with Crippen molar-refractivity contribution in [2.24, 2.45) is 0 Å². The van der Waals surface area contributed by atoms with Crippen molar-refractivity contribution in [1.82, 2.24) is 14.5 Å². The molecule has 4 nitrogen and oxygen atoms in total. The minimum absolute atomic E-state index is 0.212. The quantitative estimate of drug-likeness (QED) is 0.398. The predicted molar refractivity (Wildman–Crippen MR) is 116 cm³/mol. The molecule has 156 valence electrons. The Labute approximate surface area is 182 Å². The molecule has 0 unspecified atom stereocenters. The molecule has 0 amide bonds. The molecule has 2 aromatic carbocycles. The van der Waals surface area contributed by atoms with Gasteiger partial charge in [0.25, 0.3) is 0 Å². The van der Waals surface area contributed by atoms with Gasteiger partial charge in [-0.15, -0.1) is 11.3 Å². The van der Waals surface area contributed by atoms with Crippen LogP contribution < -0.4 is 0 Å². The summed E-state index contributed by atoms with van der Waals surface area (Å²) in [4.78, 5) is 22.7. The van der Waals surface area contributed by atoms with Gasteiger partial charge in [-0.2, -0.15) is 0 Å². The SMILES string of the molecule is Cc1cn(-c2ccc3c(c2)-c2sc(C(=O)Cc4c(F)cccc4F)nc2CCC3)cn1. The molecule has 7 heteroatoms. The second-order valence-electron chi connectivity index (χ2n) is 7.71. The van der Waals surface area contributed by atoms with E-state index in [0.29, 0.717) is 5.01 Å². The number of ketones is 1. The molecule has 2 aromatic heterocycles. The normalized spacial score (nSPS) is 12.9. The van der Waals surface area contributed by atoms with Crippen molar-refractivity contribution in [3.05, 3.63) is 88.1 Å². The van der Waals surface area contributed by atoms with Crippen molar-refractivity contribution in [3.8, 4) is 16.1 Å².